The van der Waals surface area contributed by atoms with Gasteiger partial charge >= 0.3 is 0 Å². The second-order valence-corrected chi connectivity index (χ2v) is 5.67. The maximum atomic E-state index is 6.25. The fourth-order valence-electron chi connectivity index (χ4n) is 2.92. The van der Waals surface area contributed by atoms with Gasteiger partial charge in [0.1, 0.15) is 0 Å². The molecule has 1 rings (SSSR count). The molecule has 14 heavy (non-hydrogen) atoms. The molecule has 1 saturated carbocycles. The summed E-state index contributed by atoms with van der Waals surface area (Å²) in [6, 6.07) is 0.397. The van der Waals surface area contributed by atoms with Crippen LogP contribution in [0.3, 0.4) is 0 Å². The summed E-state index contributed by atoms with van der Waals surface area (Å²) in [6.07, 6.45) is 6.96. The van der Waals surface area contributed by atoms with Crippen molar-refractivity contribution in [3.05, 3.63) is 12.7 Å². The van der Waals surface area contributed by atoms with Gasteiger partial charge in [0, 0.05) is 6.04 Å². The first-order valence-corrected chi connectivity index (χ1v) is 5.84. The van der Waals surface area contributed by atoms with E-state index in [1.807, 2.05) is 6.08 Å². The third-order valence-corrected chi connectivity index (χ3v) is 3.84. The molecule has 1 aliphatic rings. The summed E-state index contributed by atoms with van der Waals surface area (Å²) in [5, 5.41) is 0. The van der Waals surface area contributed by atoms with Crippen molar-refractivity contribution in [1.82, 2.24) is 0 Å². The molecule has 0 aromatic rings. The van der Waals surface area contributed by atoms with Gasteiger partial charge in [-0.15, -0.1) is 6.58 Å². The molecule has 1 aliphatic carbocycles. The van der Waals surface area contributed by atoms with Gasteiger partial charge in [-0.05, 0) is 36.5 Å². The molecule has 0 heterocycles. The maximum absolute atomic E-state index is 6.25. The Morgan fingerprint density at radius 1 is 1.43 bits per heavy atom. The minimum absolute atomic E-state index is 0.335. The molecule has 0 aromatic carbocycles. The lowest BCUT2D eigenvalue weighted by Gasteiger charge is -2.42. The average molecular weight is 195 g/mol. The van der Waals surface area contributed by atoms with E-state index in [4.69, 9.17) is 5.73 Å². The van der Waals surface area contributed by atoms with Crippen LogP contribution in [0.2, 0.25) is 0 Å². The Balaban J connectivity index is 2.62. The van der Waals surface area contributed by atoms with Crippen LogP contribution < -0.4 is 5.73 Å². The zero-order chi connectivity index (χ0) is 10.8. The standard InChI is InChI=1S/C13H25N/c1-5-8-13(3,4)11-7-6-10(2)9-12(11)14/h5,10-12H,1,6-9,14H2,2-4H3. The zero-order valence-electron chi connectivity index (χ0n) is 9.92. The van der Waals surface area contributed by atoms with Crippen LogP contribution in [0.4, 0.5) is 0 Å². The molecule has 0 amide bonds. The molecule has 0 spiro atoms. The molecule has 82 valence electrons. The van der Waals surface area contributed by atoms with E-state index in [1.54, 1.807) is 0 Å². The number of hydrogen-bond donors (Lipinski definition) is 1. The lowest BCUT2D eigenvalue weighted by molar-refractivity contribution is 0.116. The van der Waals surface area contributed by atoms with Gasteiger partial charge in [-0.1, -0.05) is 33.3 Å². The fourth-order valence-corrected chi connectivity index (χ4v) is 2.92. The summed E-state index contributed by atoms with van der Waals surface area (Å²) in [6.45, 7) is 10.8. The first kappa shape index (κ1) is 11.8. The number of hydrogen-bond acceptors (Lipinski definition) is 1. The van der Waals surface area contributed by atoms with Crippen molar-refractivity contribution >= 4 is 0 Å². The highest BCUT2D eigenvalue weighted by molar-refractivity contribution is 4.93. The number of nitrogens with two attached hydrogens (primary N) is 1. The minimum atomic E-state index is 0.335. The van der Waals surface area contributed by atoms with Crippen LogP contribution in [0, 0.1) is 17.3 Å². The van der Waals surface area contributed by atoms with Crippen LogP contribution in [-0.4, -0.2) is 6.04 Å². The average Bonchev–Trinajstić information content (AvgIpc) is 2.02. The second kappa shape index (κ2) is 4.48. The van der Waals surface area contributed by atoms with Crippen LogP contribution in [0.25, 0.3) is 0 Å². The summed E-state index contributed by atoms with van der Waals surface area (Å²) >= 11 is 0. The van der Waals surface area contributed by atoms with Gasteiger partial charge in [0.2, 0.25) is 0 Å². The Morgan fingerprint density at radius 3 is 2.57 bits per heavy atom. The van der Waals surface area contributed by atoms with Gasteiger partial charge in [-0.25, -0.2) is 0 Å². The van der Waals surface area contributed by atoms with E-state index in [0.29, 0.717) is 17.4 Å². The molecule has 0 aromatic heterocycles. The highest BCUT2D eigenvalue weighted by Gasteiger charge is 2.36. The SMILES string of the molecule is C=CCC(C)(C)C1CCC(C)CC1N. The van der Waals surface area contributed by atoms with Crippen LogP contribution in [-0.2, 0) is 0 Å². The molecule has 1 heteroatoms. The predicted octanol–water partition coefficient (Wildman–Crippen LogP) is 3.35. The topological polar surface area (TPSA) is 26.0 Å². The Kier molecular flexibility index (Phi) is 3.77. The van der Waals surface area contributed by atoms with Crippen molar-refractivity contribution in [1.29, 1.82) is 0 Å². The summed E-state index contributed by atoms with van der Waals surface area (Å²) in [7, 11) is 0. The van der Waals surface area contributed by atoms with Crippen molar-refractivity contribution in [2.75, 3.05) is 0 Å². The highest BCUT2D eigenvalue weighted by Crippen LogP contribution is 2.41. The molecular weight excluding hydrogens is 170 g/mol. The maximum Gasteiger partial charge on any atom is 0.00749 e. The van der Waals surface area contributed by atoms with Gasteiger partial charge in [-0.2, -0.15) is 0 Å². The highest BCUT2D eigenvalue weighted by atomic mass is 14.7. The van der Waals surface area contributed by atoms with E-state index in [1.165, 1.54) is 19.3 Å². The molecule has 3 atom stereocenters. The molecule has 0 bridgehead atoms. The third-order valence-electron chi connectivity index (χ3n) is 3.84. The summed E-state index contributed by atoms with van der Waals surface area (Å²) in [4.78, 5) is 0. The quantitative estimate of drug-likeness (QED) is 0.687. The molecule has 3 unspecified atom stereocenters. The first-order valence-electron chi connectivity index (χ1n) is 5.84. The summed E-state index contributed by atoms with van der Waals surface area (Å²) < 4.78 is 0. The fraction of sp³-hybridized carbons (Fsp3) is 0.846. The number of allylic oxidation sites excluding steroid dienone is 1. The molecule has 0 aliphatic heterocycles. The molecule has 1 nitrogen and oxygen atoms in total. The van der Waals surface area contributed by atoms with E-state index in [2.05, 4.69) is 27.4 Å². The predicted molar refractivity (Wildman–Crippen MR) is 63.1 cm³/mol. The Morgan fingerprint density at radius 2 is 2.07 bits per heavy atom. The molecular formula is C13H25N. The first-order chi connectivity index (χ1) is 6.47. The van der Waals surface area contributed by atoms with Gasteiger partial charge in [0.05, 0.1) is 0 Å². The summed E-state index contributed by atoms with van der Waals surface area (Å²) in [5.41, 5.74) is 6.59. The van der Waals surface area contributed by atoms with Crippen LogP contribution in [0.15, 0.2) is 12.7 Å². The smallest absolute Gasteiger partial charge is 0.00749 e. The third kappa shape index (κ3) is 2.60. The Labute approximate surface area is 88.8 Å². The largest absolute Gasteiger partial charge is 0.327 e. The lowest BCUT2D eigenvalue weighted by Crippen LogP contribution is -2.43. The van der Waals surface area contributed by atoms with Crippen molar-refractivity contribution < 1.29 is 0 Å². The molecule has 2 N–H and O–H groups in total. The van der Waals surface area contributed by atoms with Crippen LogP contribution in [0.1, 0.15) is 46.5 Å². The van der Waals surface area contributed by atoms with Crippen molar-refractivity contribution in [2.45, 2.75) is 52.5 Å². The Hall–Kier alpha value is -0.300. The van der Waals surface area contributed by atoms with Crippen LogP contribution in [0.5, 0.6) is 0 Å². The van der Waals surface area contributed by atoms with Crippen LogP contribution >= 0.6 is 0 Å². The lowest BCUT2D eigenvalue weighted by atomic mass is 9.65. The van der Waals surface area contributed by atoms with E-state index in [0.717, 1.165) is 12.3 Å². The second-order valence-electron chi connectivity index (χ2n) is 5.67. The van der Waals surface area contributed by atoms with E-state index >= 15 is 0 Å². The molecule has 1 fully saturated rings. The molecule has 0 radical (unpaired) electrons. The van der Waals surface area contributed by atoms with Gasteiger partial charge in [0.15, 0.2) is 0 Å². The van der Waals surface area contributed by atoms with E-state index < -0.39 is 0 Å². The Bertz CT molecular complexity index is 195. The van der Waals surface area contributed by atoms with Crippen molar-refractivity contribution in [2.24, 2.45) is 23.0 Å². The normalized spacial score (nSPS) is 34.1. The van der Waals surface area contributed by atoms with Gasteiger partial charge in [-0.3, -0.25) is 0 Å². The minimum Gasteiger partial charge on any atom is -0.327 e. The van der Waals surface area contributed by atoms with E-state index in [9.17, 15) is 0 Å². The van der Waals surface area contributed by atoms with Crippen molar-refractivity contribution in [3.63, 3.8) is 0 Å². The molecule has 0 saturated heterocycles. The van der Waals surface area contributed by atoms with Gasteiger partial charge in [0.25, 0.3) is 0 Å². The van der Waals surface area contributed by atoms with Gasteiger partial charge < -0.3 is 5.73 Å². The van der Waals surface area contributed by atoms with Crippen molar-refractivity contribution in [3.8, 4) is 0 Å². The monoisotopic (exact) mass is 195 g/mol. The summed E-state index contributed by atoms with van der Waals surface area (Å²) in [5.74, 6) is 1.50. The zero-order valence-corrected chi connectivity index (χ0v) is 9.92. The number of rotatable bonds is 3. The van der Waals surface area contributed by atoms with E-state index in [-0.39, 0.29) is 0 Å².